The lowest BCUT2D eigenvalue weighted by Gasteiger charge is -2.32. The first-order chi connectivity index (χ1) is 17.2. The Labute approximate surface area is 235 Å². The third-order valence-corrected chi connectivity index (χ3v) is 7.70. The zero-order valence-electron chi connectivity index (χ0n) is 20.2. The molecule has 3 aromatic carbocycles. The summed E-state index contributed by atoms with van der Waals surface area (Å²) in [5.74, 6) is 0.587. The van der Waals surface area contributed by atoms with Crippen LogP contribution in [0.2, 0.25) is 10.0 Å². The number of hydrogen-bond acceptors (Lipinski definition) is 3. The number of rotatable bonds is 11. The molecule has 0 radical (unpaired) electrons. The molecule has 0 saturated heterocycles. The van der Waals surface area contributed by atoms with Crippen molar-refractivity contribution >= 4 is 62.7 Å². The second-order valence-electron chi connectivity index (χ2n) is 8.76. The maximum absolute atomic E-state index is 13.6. The number of thioether (sulfide) groups is 1. The Morgan fingerprint density at radius 2 is 1.58 bits per heavy atom. The summed E-state index contributed by atoms with van der Waals surface area (Å²) in [5.41, 5.74) is 2.94. The second kappa shape index (κ2) is 14.1. The topological polar surface area (TPSA) is 49.4 Å². The van der Waals surface area contributed by atoms with Crippen LogP contribution in [0, 0.1) is 0 Å². The molecule has 2 amide bonds. The lowest BCUT2D eigenvalue weighted by molar-refractivity contribution is -0.139. The van der Waals surface area contributed by atoms with Crippen molar-refractivity contribution in [3.8, 4) is 0 Å². The number of amides is 2. The number of nitrogens with zero attached hydrogens (tertiary/aromatic N) is 1. The van der Waals surface area contributed by atoms with Crippen LogP contribution >= 0.6 is 50.9 Å². The van der Waals surface area contributed by atoms with Gasteiger partial charge in [-0.1, -0.05) is 87.7 Å². The molecule has 0 heterocycles. The van der Waals surface area contributed by atoms with Gasteiger partial charge in [0.1, 0.15) is 6.04 Å². The van der Waals surface area contributed by atoms with Gasteiger partial charge in [0.2, 0.25) is 11.8 Å². The highest BCUT2D eigenvalue weighted by Crippen LogP contribution is 2.25. The van der Waals surface area contributed by atoms with Crippen LogP contribution < -0.4 is 5.32 Å². The molecule has 3 aromatic rings. The van der Waals surface area contributed by atoms with E-state index in [0.717, 1.165) is 21.2 Å². The Morgan fingerprint density at radius 1 is 0.917 bits per heavy atom. The SMILES string of the molecule is CC(C)NC(=O)[C@H](Cc1ccccc1)N(Cc1ccc(Br)cc1)C(=O)CSCc1ccc(Cl)c(Cl)c1. The van der Waals surface area contributed by atoms with Gasteiger partial charge in [-0.2, -0.15) is 0 Å². The highest BCUT2D eigenvalue weighted by Gasteiger charge is 2.30. The van der Waals surface area contributed by atoms with Gasteiger partial charge in [-0.3, -0.25) is 9.59 Å². The molecule has 0 saturated carbocycles. The molecule has 4 nitrogen and oxygen atoms in total. The van der Waals surface area contributed by atoms with Gasteiger partial charge >= 0.3 is 0 Å². The lowest BCUT2D eigenvalue weighted by Crippen LogP contribution is -2.52. The van der Waals surface area contributed by atoms with Crippen molar-refractivity contribution in [3.05, 3.63) is 104 Å². The van der Waals surface area contributed by atoms with Crippen molar-refractivity contribution in [2.24, 2.45) is 0 Å². The lowest BCUT2D eigenvalue weighted by atomic mass is 10.0. The summed E-state index contributed by atoms with van der Waals surface area (Å²) in [6.45, 7) is 4.18. The zero-order valence-corrected chi connectivity index (χ0v) is 24.1. The van der Waals surface area contributed by atoms with Crippen LogP contribution in [0.15, 0.2) is 77.3 Å². The molecule has 0 spiro atoms. The van der Waals surface area contributed by atoms with Gasteiger partial charge in [0, 0.05) is 29.2 Å². The minimum absolute atomic E-state index is 0.0376. The number of nitrogens with one attached hydrogen (secondary N) is 1. The van der Waals surface area contributed by atoms with E-state index in [1.165, 1.54) is 11.8 Å². The molecule has 36 heavy (non-hydrogen) atoms. The van der Waals surface area contributed by atoms with Gasteiger partial charge in [0.15, 0.2) is 0 Å². The van der Waals surface area contributed by atoms with Gasteiger partial charge < -0.3 is 10.2 Å². The van der Waals surface area contributed by atoms with E-state index in [9.17, 15) is 9.59 Å². The molecule has 0 bridgehead atoms. The predicted octanol–water partition coefficient (Wildman–Crippen LogP) is 7.15. The quantitative estimate of drug-likeness (QED) is 0.252. The monoisotopic (exact) mass is 606 g/mol. The van der Waals surface area contributed by atoms with Crippen molar-refractivity contribution in [3.63, 3.8) is 0 Å². The summed E-state index contributed by atoms with van der Waals surface area (Å²) in [5, 5.41) is 4.01. The molecule has 0 aliphatic rings. The molecule has 0 aliphatic carbocycles. The van der Waals surface area contributed by atoms with Gasteiger partial charge in [-0.15, -0.1) is 11.8 Å². The van der Waals surface area contributed by atoms with E-state index in [0.29, 0.717) is 28.8 Å². The molecular weight excluding hydrogens is 579 g/mol. The van der Waals surface area contributed by atoms with E-state index in [1.54, 1.807) is 11.0 Å². The van der Waals surface area contributed by atoms with Gasteiger partial charge in [-0.05, 0) is 54.8 Å². The van der Waals surface area contributed by atoms with E-state index in [2.05, 4.69) is 21.2 Å². The third kappa shape index (κ3) is 8.84. The standard InChI is InChI=1S/C28H29BrCl2N2O2S/c1-19(2)32-28(35)26(15-20-6-4-3-5-7-20)33(16-21-8-11-23(29)12-9-21)27(34)18-36-17-22-10-13-24(30)25(31)14-22/h3-14,19,26H,15-18H2,1-2H3,(H,32,35)/t26-/m0/s1. The normalized spacial score (nSPS) is 11.8. The maximum Gasteiger partial charge on any atom is 0.243 e. The maximum atomic E-state index is 13.6. The average molecular weight is 608 g/mol. The van der Waals surface area contributed by atoms with Crippen molar-refractivity contribution < 1.29 is 9.59 Å². The number of carbonyl (C=O) groups is 2. The first kappa shape index (κ1) is 28.6. The van der Waals surface area contributed by atoms with Crippen LogP contribution in [0.4, 0.5) is 0 Å². The van der Waals surface area contributed by atoms with E-state index in [1.807, 2.05) is 80.6 Å². The van der Waals surface area contributed by atoms with Crippen molar-refractivity contribution in [2.45, 2.75) is 44.6 Å². The fourth-order valence-electron chi connectivity index (χ4n) is 3.69. The number of hydrogen-bond donors (Lipinski definition) is 1. The highest BCUT2D eigenvalue weighted by atomic mass is 79.9. The fraction of sp³-hybridized carbons (Fsp3) is 0.286. The molecule has 3 rings (SSSR count). The van der Waals surface area contributed by atoms with E-state index < -0.39 is 6.04 Å². The summed E-state index contributed by atoms with van der Waals surface area (Å²) in [6.07, 6.45) is 0.430. The van der Waals surface area contributed by atoms with E-state index in [-0.39, 0.29) is 23.6 Å². The van der Waals surface area contributed by atoms with Crippen LogP contribution in [0.25, 0.3) is 0 Å². The molecule has 1 atom stereocenters. The highest BCUT2D eigenvalue weighted by molar-refractivity contribution is 9.10. The first-order valence-electron chi connectivity index (χ1n) is 11.6. The largest absolute Gasteiger partial charge is 0.352 e. The summed E-state index contributed by atoms with van der Waals surface area (Å²) in [6, 6.07) is 22.4. The first-order valence-corrected chi connectivity index (χ1v) is 14.3. The Hall–Kier alpha value is -1.99. The number of carbonyl (C=O) groups excluding carboxylic acids is 2. The van der Waals surface area contributed by atoms with Crippen LogP contribution in [0.5, 0.6) is 0 Å². The van der Waals surface area contributed by atoms with E-state index >= 15 is 0 Å². The Kier molecular flexibility index (Phi) is 11.2. The van der Waals surface area contributed by atoms with E-state index in [4.69, 9.17) is 23.2 Å². The third-order valence-electron chi connectivity index (χ3n) is 5.45. The van der Waals surface area contributed by atoms with Crippen molar-refractivity contribution in [1.29, 1.82) is 0 Å². The molecule has 0 unspecified atom stereocenters. The van der Waals surface area contributed by atoms with Crippen LogP contribution in [-0.2, 0) is 28.3 Å². The minimum Gasteiger partial charge on any atom is -0.352 e. The Morgan fingerprint density at radius 3 is 2.22 bits per heavy atom. The molecule has 1 N–H and O–H groups in total. The number of halogens is 3. The van der Waals surface area contributed by atoms with Crippen LogP contribution in [0.1, 0.15) is 30.5 Å². The van der Waals surface area contributed by atoms with Crippen LogP contribution in [-0.4, -0.2) is 34.6 Å². The van der Waals surface area contributed by atoms with Gasteiger partial charge in [0.25, 0.3) is 0 Å². The predicted molar refractivity (Wildman–Crippen MR) is 155 cm³/mol. The molecule has 0 aliphatic heterocycles. The molecule has 8 heteroatoms. The number of benzene rings is 3. The molecule has 0 fully saturated rings. The van der Waals surface area contributed by atoms with Crippen molar-refractivity contribution in [1.82, 2.24) is 10.2 Å². The zero-order chi connectivity index (χ0) is 26.1. The average Bonchev–Trinajstić information content (AvgIpc) is 2.84. The van der Waals surface area contributed by atoms with Gasteiger partial charge in [-0.25, -0.2) is 0 Å². The van der Waals surface area contributed by atoms with Crippen LogP contribution in [0.3, 0.4) is 0 Å². The molecule has 0 aromatic heterocycles. The summed E-state index contributed by atoms with van der Waals surface area (Å²) in [4.78, 5) is 28.7. The Bertz CT molecular complexity index is 1160. The molecular formula is C28H29BrCl2N2O2S. The molecule has 190 valence electrons. The Balaban J connectivity index is 1.83. The van der Waals surface area contributed by atoms with Crippen molar-refractivity contribution in [2.75, 3.05) is 5.75 Å². The summed E-state index contributed by atoms with van der Waals surface area (Å²) in [7, 11) is 0. The minimum atomic E-state index is -0.642. The van der Waals surface area contributed by atoms with Gasteiger partial charge in [0.05, 0.1) is 15.8 Å². The second-order valence-corrected chi connectivity index (χ2v) is 11.5. The summed E-state index contributed by atoms with van der Waals surface area (Å²) < 4.78 is 0.958. The summed E-state index contributed by atoms with van der Waals surface area (Å²) >= 11 is 17.1. The fourth-order valence-corrected chi connectivity index (χ4v) is 5.13. The smallest absolute Gasteiger partial charge is 0.243 e.